The van der Waals surface area contributed by atoms with E-state index in [1.165, 1.54) is 11.3 Å². The third kappa shape index (κ3) is 2.08. The number of hydrogen-bond donors (Lipinski definition) is 0. The lowest BCUT2D eigenvalue weighted by Crippen LogP contribution is -2.11. The van der Waals surface area contributed by atoms with Crippen molar-refractivity contribution in [2.24, 2.45) is 0 Å². The molecule has 0 aliphatic heterocycles. The van der Waals surface area contributed by atoms with Gasteiger partial charge in [-0.1, -0.05) is 39.8 Å². The van der Waals surface area contributed by atoms with Crippen molar-refractivity contribution in [1.82, 2.24) is 9.55 Å². The molecule has 0 radical (unpaired) electrons. The van der Waals surface area contributed by atoms with Crippen molar-refractivity contribution in [1.29, 1.82) is 0 Å². The van der Waals surface area contributed by atoms with Crippen molar-refractivity contribution in [3.8, 4) is 0 Å². The molecular formula is C15H22N2. The molecule has 0 amide bonds. The summed E-state index contributed by atoms with van der Waals surface area (Å²) >= 11 is 0. The third-order valence-electron chi connectivity index (χ3n) is 3.45. The van der Waals surface area contributed by atoms with Gasteiger partial charge in [-0.15, -0.1) is 0 Å². The highest BCUT2D eigenvalue weighted by Gasteiger charge is 2.18. The van der Waals surface area contributed by atoms with Crippen molar-refractivity contribution in [2.75, 3.05) is 0 Å². The van der Waals surface area contributed by atoms with E-state index in [-0.39, 0.29) is 0 Å². The average molecular weight is 230 g/mol. The van der Waals surface area contributed by atoms with Gasteiger partial charge >= 0.3 is 0 Å². The number of hydrogen-bond acceptors (Lipinski definition) is 1. The highest BCUT2D eigenvalue weighted by atomic mass is 15.1. The number of benzene rings is 1. The quantitative estimate of drug-likeness (QED) is 0.755. The maximum Gasteiger partial charge on any atom is 0.112 e. The number of fused-ring (bicyclic) bond motifs is 1. The molecule has 1 aromatic carbocycles. The van der Waals surface area contributed by atoms with Crippen molar-refractivity contribution in [2.45, 2.75) is 52.5 Å². The predicted molar refractivity (Wildman–Crippen MR) is 73.4 cm³/mol. The normalized spacial score (nSPS) is 11.9. The van der Waals surface area contributed by atoms with Crippen LogP contribution in [0.5, 0.6) is 0 Å². The molecule has 0 aliphatic rings. The molecule has 0 atom stereocenters. The van der Waals surface area contributed by atoms with E-state index in [1.807, 2.05) is 0 Å². The molecule has 1 aromatic heterocycles. The van der Waals surface area contributed by atoms with Gasteiger partial charge in [0.2, 0.25) is 0 Å². The van der Waals surface area contributed by atoms with Gasteiger partial charge in [-0.05, 0) is 25.0 Å². The largest absolute Gasteiger partial charge is 0.325 e. The van der Waals surface area contributed by atoms with Crippen LogP contribution in [0, 0.1) is 0 Å². The Bertz CT molecular complexity index is 493. The van der Waals surface area contributed by atoms with Crippen molar-refractivity contribution in [3.05, 3.63) is 30.1 Å². The van der Waals surface area contributed by atoms with E-state index in [9.17, 15) is 0 Å². The second kappa shape index (κ2) is 4.91. The zero-order valence-corrected chi connectivity index (χ0v) is 11.3. The number of para-hydroxylation sites is 2. The molecule has 0 N–H and O–H groups in total. The molecule has 0 saturated carbocycles. The summed E-state index contributed by atoms with van der Waals surface area (Å²) in [6.07, 6.45) is 2.33. The molecule has 0 fully saturated rings. The fourth-order valence-electron chi connectivity index (χ4n) is 2.51. The smallest absolute Gasteiger partial charge is 0.112 e. The molecule has 17 heavy (non-hydrogen) atoms. The monoisotopic (exact) mass is 230 g/mol. The van der Waals surface area contributed by atoms with Crippen LogP contribution in [0.3, 0.4) is 0 Å². The Labute approximate surface area is 104 Å². The topological polar surface area (TPSA) is 17.8 Å². The summed E-state index contributed by atoms with van der Waals surface area (Å²) in [4.78, 5) is 4.79. The number of imidazole rings is 1. The Morgan fingerprint density at radius 2 is 1.76 bits per heavy atom. The van der Waals surface area contributed by atoms with Crippen molar-refractivity contribution < 1.29 is 0 Å². The van der Waals surface area contributed by atoms with Gasteiger partial charge in [0.05, 0.1) is 11.0 Å². The van der Waals surface area contributed by atoms with Gasteiger partial charge in [0.15, 0.2) is 0 Å². The molecule has 2 heteroatoms. The van der Waals surface area contributed by atoms with Crippen LogP contribution >= 0.6 is 0 Å². The molecule has 0 aliphatic carbocycles. The Balaban J connectivity index is 2.67. The van der Waals surface area contributed by atoms with Gasteiger partial charge in [0.25, 0.3) is 0 Å². The fourth-order valence-corrected chi connectivity index (χ4v) is 2.51. The summed E-state index contributed by atoms with van der Waals surface area (Å²) in [7, 11) is 0. The van der Waals surface area contributed by atoms with E-state index in [4.69, 9.17) is 4.98 Å². The lowest BCUT2D eigenvalue weighted by Gasteiger charge is -2.20. The van der Waals surface area contributed by atoms with E-state index >= 15 is 0 Å². The zero-order valence-electron chi connectivity index (χ0n) is 11.3. The highest BCUT2D eigenvalue weighted by Crippen LogP contribution is 2.28. The molecule has 0 bridgehead atoms. The van der Waals surface area contributed by atoms with E-state index in [0.717, 1.165) is 18.4 Å². The minimum Gasteiger partial charge on any atom is -0.325 e. The molecule has 2 rings (SSSR count). The lowest BCUT2D eigenvalue weighted by atomic mass is 10.1. The summed E-state index contributed by atoms with van der Waals surface area (Å²) in [6.45, 7) is 8.96. The van der Waals surface area contributed by atoms with E-state index in [2.05, 4.69) is 56.5 Å². The first-order valence-corrected chi connectivity index (χ1v) is 6.65. The Morgan fingerprint density at radius 3 is 2.35 bits per heavy atom. The Morgan fingerprint density at radius 1 is 1.12 bits per heavy atom. The van der Waals surface area contributed by atoms with Crippen LogP contribution in [0.25, 0.3) is 11.0 Å². The van der Waals surface area contributed by atoms with E-state index in [0.29, 0.717) is 12.0 Å². The van der Waals surface area contributed by atoms with Crippen molar-refractivity contribution >= 4 is 11.0 Å². The van der Waals surface area contributed by atoms with Crippen LogP contribution in [0.1, 0.15) is 58.3 Å². The third-order valence-corrected chi connectivity index (χ3v) is 3.45. The van der Waals surface area contributed by atoms with E-state index < -0.39 is 0 Å². The highest BCUT2D eigenvalue weighted by molar-refractivity contribution is 5.76. The minimum absolute atomic E-state index is 0.475. The first kappa shape index (κ1) is 12.2. The van der Waals surface area contributed by atoms with Crippen LogP contribution < -0.4 is 0 Å². The van der Waals surface area contributed by atoms with Crippen LogP contribution in [0.4, 0.5) is 0 Å². The van der Waals surface area contributed by atoms with Gasteiger partial charge < -0.3 is 4.57 Å². The van der Waals surface area contributed by atoms with Gasteiger partial charge in [-0.2, -0.15) is 0 Å². The number of rotatable bonds is 4. The standard InChI is InChI=1S/C15H22N2/c1-5-12(6-2)17-14-10-8-7-9-13(14)16-15(17)11(3)4/h7-12H,5-6H2,1-4H3. The summed E-state index contributed by atoms with van der Waals surface area (Å²) in [5.41, 5.74) is 2.41. The summed E-state index contributed by atoms with van der Waals surface area (Å²) < 4.78 is 2.44. The molecular weight excluding hydrogens is 208 g/mol. The molecule has 92 valence electrons. The van der Waals surface area contributed by atoms with Crippen LogP contribution in [-0.2, 0) is 0 Å². The summed E-state index contributed by atoms with van der Waals surface area (Å²) in [5.74, 6) is 1.70. The van der Waals surface area contributed by atoms with Gasteiger partial charge in [0.1, 0.15) is 5.82 Å². The SMILES string of the molecule is CCC(CC)n1c(C(C)C)nc2ccccc21. The lowest BCUT2D eigenvalue weighted by molar-refractivity contribution is 0.458. The van der Waals surface area contributed by atoms with Crippen LogP contribution in [-0.4, -0.2) is 9.55 Å². The molecule has 2 nitrogen and oxygen atoms in total. The minimum atomic E-state index is 0.475. The summed E-state index contributed by atoms with van der Waals surface area (Å²) in [6, 6.07) is 9.04. The second-order valence-electron chi connectivity index (χ2n) is 4.95. The first-order valence-electron chi connectivity index (χ1n) is 6.65. The molecule has 0 spiro atoms. The van der Waals surface area contributed by atoms with Gasteiger partial charge in [-0.3, -0.25) is 0 Å². The molecule has 0 unspecified atom stereocenters. The fraction of sp³-hybridized carbons (Fsp3) is 0.533. The van der Waals surface area contributed by atoms with Gasteiger partial charge in [0, 0.05) is 12.0 Å². The number of nitrogens with zero attached hydrogens (tertiary/aromatic N) is 2. The van der Waals surface area contributed by atoms with Gasteiger partial charge in [-0.25, -0.2) is 4.98 Å². The number of aromatic nitrogens is 2. The first-order chi connectivity index (χ1) is 8.19. The van der Waals surface area contributed by atoms with Crippen LogP contribution in [0.15, 0.2) is 24.3 Å². The maximum absolute atomic E-state index is 4.79. The maximum atomic E-state index is 4.79. The zero-order chi connectivity index (χ0) is 12.4. The Hall–Kier alpha value is -1.31. The van der Waals surface area contributed by atoms with Crippen LogP contribution in [0.2, 0.25) is 0 Å². The molecule has 0 saturated heterocycles. The summed E-state index contributed by atoms with van der Waals surface area (Å²) in [5, 5.41) is 0. The van der Waals surface area contributed by atoms with E-state index in [1.54, 1.807) is 0 Å². The predicted octanol–water partition coefficient (Wildman–Crippen LogP) is 4.52. The molecule has 2 aromatic rings. The average Bonchev–Trinajstić information content (AvgIpc) is 2.71. The Kier molecular flexibility index (Phi) is 3.51. The molecule has 1 heterocycles. The van der Waals surface area contributed by atoms with Crippen molar-refractivity contribution in [3.63, 3.8) is 0 Å². The second-order valence-corrected chi connectivity index (χ2v) is 4.95.